The topological polar surface area (TPSA) is 74.2 Å². The maximum Gasteiger partial charge on any atom is 0.172 e. The van der Waals surface area contributed by atoms with Gasteiger partial charge in [0.15, 0.2) is 5.65 Å². The third-order valence-corrected chi connectivity index (χ3v) is 2.15. The van der Waals surface area contributed by atoms with Gasteiger partial charge in [-0.3, -0.25) is 0 Å². The van der Waals surface area contributed by atoms with Crippen molar-refractivity contribution in [1.82, 2.24) is 14.6 Å². The fraction of sp³-hybridized carbons (Fsp3) is 0.300. The smallest absolute Gasteiger partial charge is 0.172 e. The highest BCUT2D eigenvalue weighted by molar-refractivity contribution is 5.53. The van der Waals surface area contributed by atoms with Crippen LogP contribution < -0.4 is 0 Å². The number of nitriles is 1. The lowest BCUT2D eigenvalue weighted by Crippen LogP contribution is -1.96. The lowest BCUT2D eigenvalue weighted by atomic mass is 10.2. The second-order valence-electron chi connectivity index (χ2n) is 3.23. The van der Waals surface area contributed by atoms with Gasteiger partial charge >= 0.3 is 0 Å². The number of fused-ring (bicyclic) bond motifs is 1. The Hall–Kier alpha value is -1.93. The first kappa shape index (κ1) is 9.62. The Labute approximate surface area is 86.6 Å². The molecule has 15 heavy (non-hydrogen) atoms. The van der Waals surface area contributed by atoms with Gasteiger partial charge in [-0.25, -0.2) is 9.50 Å². The highest BCUT2D eigenvalue weighted by Gasteiger charge is 2.04. The molecular weight excluding hydrogens is 192 g/mol. The normalized spacial score (nSPS) is 10.4. The van der Waals surface area contributed by atoms with Crippen molar-refractivity contribution in [3.05, 3.63) is 29.7 Å². The predicted molar refractivity (Wildman–Crippen MR) is 53.1 cm³/mol. The van der Waals surface area contributed by atoms with E-state index >= 15 is 0 Å². The molecule has 0 spiro atoms. The molecule has 5 nitrogen and oxygen atoms in total. The Balaban J connectivity index is 2.36. The molecular formula is C10H10N4O. The number of rotatable bonds is 3. The van der Waals surface area contributed by atoms with Crippen molar-refractivity contribution < 1.29 is 5.11 Å². The van der Waals surface area contributed by atoms with E-state index in [-0.39, 0.29) is 6.61 Å². The molecule has 5 heteroatoms. The lowest BCUT2D eigenvalue weighted by Gasteiger charge is -1.99. The molecule has 0 aliphatic rings. The summed E-state index contributed by atoms with van der Waals surface area (Å²) in [7, 11) is 0. The van der Waals surface area contributed by atoms with Crippen LogP contribution in [0, 0.1) is 11.3 Å². The summed E-state index contributed by atoms with van der Waals surface area (Å²) in [5.74, 6) is 0. The van der Waals surface area contributed by atoms with E-state index in [2.05, 4.69) is 10.1 Å². The number of aliphatic hydroxyl groups excluding tert-OH is 1. The quantitative estimate of drug-likeness (QED) is 0.787. The molecule has 0 aliphatic carbocycles. The third-order valence-electron chi connectivity index (χ3n) is 2.15. The summed E-state index contributed by atoms with van der Waals surface area (Å²) in [6.45, 7) is 0.167. The monoisotopic (exact) mass is 202 g/mol. The average Bonchev–Trinajstić information content (AvgIpc) is 2.68. The molecule has 2 aromatic heterocycles. The molecule has 0 aromatic carbocycles. The zero-order valence-electron chi connectivity index (χ0n) is 8.09. The van der Waals surface area contributed by atoms with Gasteiger partial charge in [0.25, 0.3) is 0 Å². The van der Waals surface area contributed by atoms with Gasteiger partial charge in [-0.05, 0) is 18.4 Å². The molecule has 0 aliphatic heterocycles. The molecule has 2 heterocycles. The maximum absolute atomic E-state index is 8.76. The predicted octanol–water partition coefficient (Wildman–Crippen LogP) is 0.526. The van der Waals surface area contributed by atoms with Crippen LogP contribution in [0.3, 0.4) is 0 Å². The minimum absolute atomic E-state index is 0.167. The zero-order valence-corrected chi connectivity index (χ0v) is 8.09. The molecule has 76 valence electrons. The van der Waals surface area contributed by atoms with Gasteiger partial charge < -0.3 is 5.11 Å². The van der Waals surface area contributed by atoms with Crippen molar-refractivity contribution in [2.24, 2.45) is 0 Å². The molecule has 0 saturated heterocycles. The van der Waals surface area contributed by atoms with Gasteiger partial charge in [0.1, 0.15) is 11.6 Å². The second-order valence-corrected chi connectivity index (χ2v) is 3.23. The van der Waals surface area contributed by atoms with Crippen LogP contribution in [0.1, 0.15) is 17.5 Å². The first-order chi connectivity index (χ1) is 7.35. The fourth-order valence-corrected chi connectivity index (χ4v) is 1.40. The summed E-state index contributed by atoms with van der Waals surface area (Å²) < 4.78 is 1.59. The van der Waals surface area contributed by atoms with Crippen LogP contribution in [0.2, 0.25) is 0 Å². The van der Waals surface area contributed by atoms with Gasteiger partial charge in [0.2, 0.25) is 0 Å². The minimum Gasteiger partial charge on any atom is -0.396 e. The number of aliphatic hydroxyl groups is 1. The Morgan fingerprint density at radius 2 is 2.33 bits per heavy atom. The van der Waals surface area contributed by atoms with E-state index < -0.39 is 0 Å². The van der Waals surface area contributed by atoms with Crippen LogP contribution in [0.4, 0.5) is 0 Å². The van der Waals surface area contributed by atoms with E-state index in [1.165, 1.54) is 6.20 Å². The van der Waals surface area contributed by atoms with Crippen LogP contribution >= 0.6 is 0 Å². The van der Waals surface area contributed by atoms with E-state index in [1.807, 2.05) is 12.3 Å². The van der Waals surface area contributed by atoms with Gasteiger partial charge in [0, 0.05) is 19.0 Å². The van der Waals surface area contributed by atoms with Crippen molar-refractivity contribution in [1.29, 1.82) is 5.26 Å². The molecule has 1 N–H and O–H groups in total. The fourth-order valence-electron chi connectivity index (χ4n) is 1.40. The first-order valence-electron chi connectivity index (χ1n) is 4.68. The summed E-state index contributed by atoms with van der Waals surface area (Å²) in [6, 6.07) is 2.03. The Morgan fingerprint density at radius 1 is 1.47 bits per heavy atom. The number of aryl methyl sites for hydroxylation is 1. The summed E-state index contributed by atoms with van der Waals surface area (Å²) in [5.41, 5.74) is 2.05. The molecule has 0 atom stereocenters. The highest BCUT2D eigenvalue weighted by atomic mass is 16.2. The summed E-state index contributed by atoms with van der Waals surface area (Å²) in [6.07, 6.45) is 6.52. The number of hydrogen-bond donors (Lipinski definition) is 1. The molecule has 2 rings (SSSR count). The van der Waals surface area contributed by atoms with Gasteiger partial charge in [-0.15, -0.1) is 0 Å². The van der Waals surface area contributed by atoms with Crippen LogP contribution in [0.5, 0.6) is 0 Å². The summed E-state index contributed by atoms with van der Waals surface area (Å²) in [4.78, 5) is 4.16. The molecule has 0 fully saturated rings. The van der Waals surface area contributed by atoms with Crippen molar-refractivity contribution in [3.63, 3.8) is 0 Å². The summed E-state index contributed by atoms with van der Waals surface area (Å²) >= 11 is 0. The SMILES string of the molecule is N#Cc1cnn2cc(CCCO)cnc12. The Morgan fingerprint density at radius 3 is 3.07 bits per heavy atom. The van der Waals surface area contributed by atoms with E-state index in [1.54, 1.807) is 10.7 Å². The first-order valence-corrected chi connectivity index (χ1v) is 4.68. The largest absolute Gasteiger partial charge is 0.396 e. The summed E-state index contributed by atoms with van der Waals surface area (Å²) in [5, 5.41) is 21.5. The van der Waals surface area contributed by atoms with Crippen molar-refractivity contribution in [2.75, 3.05) is 6.61 Å². The molecule has 0 saturated carbocycles. The third kappa shape index (κ3) is 1.80. The van der Waals surface area contributed by atoms with Crippen molar-refractivity contribution in [3.8, 4) is 6.07 Å². The highest BCUT2D eigenvalue weighted by Crippen LogP contribution is 2.08. The molecule has 2 aromatic rings. The van der Waals surface area contributed by atoms with Crippen molar-refractivity contribution >= 4 is 5.65 Å². The van der Waals surface area contributed by atoms with Crippen molar-refractivity contribution in [2.45, 2.75) is 12.8 Å². The van der Waals surface area contributed by atoms with E-state index in [9.17, 15) is 0 Å². The standard InChI is InChI=1S/C10H10N4O/c11-4-9-6-13-14-7-8(2-1-3-15)5-12-10(9)14/h5-7,15H,1-3H2. The maximum atomic E-state index is 8.76. The van der Waals surface area contributed by atoms with Gasteiger partial charge in [0.05, 0.1) is 6.20 Å². The van der Waals surface area contributed by atoms with Crippen LogP contribution in [0.15, 0.2) is 18.6 Å². The van der Waals surface area contributed by atoms with E-state index in [4.69, 9.17) is 10.4 Å². The van der Waals surface area contributed by atoms with E-state index in [0.29, 0.717) is 17.6 Å². The number of nitrogens with zero attached hydrogens (tertiary/aromatic N) is 4. The molecule has 0 amide bonds. The lowest BCUT2D eigenvalue weighted by molar-refractivity contribution is 0.288. The van der Waals surface area contributed by atoms with Gasteiger partial charge in [-0.2, -0.15) is 10.4 Å². The number of hydrogen-bond acceptors (Lipinski definition) is 4. The van der Waals surface area contributed by atoms with E-state index in [0.717, 1.165) is 12.0 Å². The van der Waals surface area contributed by atoms with Gasteiger partial charge in [-0.1, -0.05) is 0 Å². The van der Waals surface area contributed by atoms with Crippen LogP contribution in [-0.2, 0) is 6.42 Å². The minimum atomic E-state index is 0.167. The molecule has 0 unspecified atom stereocenters. The molecule has 0 radical (unpaired) electrons. The van der Waals surface area contributed by atoms with Crippen LogP contribution in [0.25, 0.3) is 5.65 Å². The zero-order chi connectivity index (χ0) is 10.7. The van der Waals surface area contributed by atoms with Crippen LogP contribution in [-0.4, -0.2) is 26.3 Å². The Kier molecular flexibility index (Phi) is 2.61. The number of aromatic nitrogens is 3. The Bertz CT molecular complexity index is 512. The second kappa shape index (κ2) is 4.07. The average molecular weight is 202 g/mol. The molecule has 0 bridgehead atoms.